The van der Waals surface area contributed by atoms with Gasteiger partial charge in [-0.15, -0.1) is 0 Å². The van der Waals surface area contributed by atoms with E-state index in [9.17, 15) is 12.8 Å². The molecule has 2 fully saturated rings. The van der Waals surface area contributed by atoms with Gasteiger partial charge in [-0.1, -0.05) is 12.1 Å². The zero-order valence-corrected chi connectivity index (χ0v) is 19.1. The predicted octanol–water partition coefficient (Wildman–Crippen LogP) is 1.64. The molecule has 0 amide bonds. The molecule has 2 aliphatic rings. The van der Waals surface area contributed by atoms with Gasteiger partial charge in [0.05, 0.1) is 19.3 Å². The van der Waals surface area contributed by atoms with Crippen LogP contribution in [0.2, 0.25) is 0 Å². The van der Waals surface area contributed by atoms with Gasteiger partial charge in [-0.3, -0.25) is 4.90 Å². The van der Waals surface area contributed by atoms with E-state index in [0.717, 1.165) is 31.7 Å². The second kappa shape index (κ2) is 10.2. The van der Waals surface area contributed by atoms with Crippen molar-refractivity contribution in [2.24, 2.45) is 0 Å². The van der Waals surface area contributed by atoms with Crippen molar-refractivity contribution < 1.29 is 17.5 Å². The SMILES string of the molecule is CN1CCN(S(=O)(=O)c2ccc(NC[C@@H](c3ccc(F)cc3)N3CCOCC3)nc2)CC1. The monoisotopic (exact) mass is 463 g/mol. The van der Waals surface area contributed by atoms with Gasteiger partial charge in [0.2, 0.25) is 10.0 Å². The molecule has 3 heterocycles. The molecule has 4 rings (SSSR count). The van der Waals surface area contributed by atoms with Crippen LogP contribution in [-0.2, 0) is 14.8 Å². The van der Waals surface area contributed by atoms with E-state index in [4.69, 9.17) is 4.74 Å². The van der Waals surface area contributed by atoms with Gasteiger partial charge in [0.1, 0.15) is 16.5 Å². The number of nitrogens with one attached hydrogen (secondary N) is 1. The Kier molecular flexibility index (Phi) is 7.37. The van der Waals surface area contributed by atoms with Crippen molar-refractivity contribution in [2.45, 2.75) is 10.9 Å². The number of nitrogens with zero attached hydrogens (tertiary/aromatic N) is 4. The number of hydrogen-bond donors (Lipinski definition) is 1. The van der Waals surface area contributed by atoms with Gasteiger partial charge in [-0.05, 0) is 36.9 Å². The van der Waals surface area contributed by atoms with E-state index in [1.165, 1.54) is 22.6 Å². The number of ether oxygens (including phenoxy) is 1. The largest absolute Gasteiger partial charge is 0.379 e. The Morgan fingerprint density at radius 1 is 1.03 bits per heavy atom. The number of morpholine rings is 1. The first kappa shape index (κ1) is 23.1. The van der Waals surface area contributed by atoms with Gasteiger partial charge >= 0.3 is 0 Å². The first-order valence-corrected chi connectivity index (χ1v) is 12.3. The van der Waals surface area contributed by atoms with E-state index in [-0.39, 0.29) is 16.8 Å². The molecular formula is C22H30FN5O3S. The van der Waals surface area contributed by atoms with Crippen LogP contribution < -0.4 is 5.32 Å². The van der Waals surface area contributed by atoms with Crippen LogP contribution in [0.3, 0.4) is 0 Å². The van der Waals surface area contributed by atoms with E-state index in [2.05, 4.69) is 20.1 Å². The van der Waals surface area contributed by atoms with E-state index >= 15 is 0 Å². The summed E-state index contributed by atoms with van der Waals surface area (Å²) in [6.45, 7) is 5.87. The molecule has 1 aromatic carbocycles. The van der Waals surface area contributed by atoms with Crippen molar-refractivity contribution in [3.05, 3.63) is 54.0 Å². The molecule has 174 valence electrons. The topological polar surface area (TPSA) is 78.0 Å². The number of rotatable bonds is 7. The lowest BCUT2D eigenvalue weighted by atomic mass is 10.0. The number of benzene rings is 1. The molecule has 0 bridgehead atoms. The molecule has 2 aliphatic heterocycles. The van der Waals surface area contributed by atoms with Crippen LogP contribution >= 0.6 is 0 Å². The summed E-state index contributed by atoms with van der Waals surface area (Å²) in [6.07, 6.45) is 1.41. The van der Waals surface area contributed by atoms with Crippen molar-refractivity contribution in [1.29, 1.82) is 0 Å². The smallest absolute Gasteiger partial charge is 0.244 e. The summed E-state index contributed by atoms with van der Waals surface area (Å²) in [6, 6.07) is 9.87. The molecular weight excluding hydrogens is 433 g/mol. The maximum absolute atomic E-state index is 13.4. The molecule has 32 heavy (non-hydrogen) atoms. The fourth-order valence-corrected chi connectivity index (χ4v) is 5.42. The number of piperazine rings is 1. The molecule has 1 atom stereocenters. The molecule has 0 spiro atoms. The number of pyridine rings is 1. The molecule has 0 saturated carbocycles. The Morgan fingerprint density at radius 3 is 2.34 bits per heavy atom. The van der Waals surface area contributed by atoms with Crippen LogP contribution in [0.15, 0.2) is 47.5 Å². The number of likely N-dealkylation sites (N-methyl/N-ethyl adjacent to an activating group) is 1. The minimum absolute atomic E-state index is 0.0232. The van der Waals surface area contributed by atoms with Crippen LogP contribution in [-0.4, -0.2) is 93.6 Å². The number of anilines is 1. The van der Waals surface area contributed by atoms with Gasteiger partial charge in [0, 0.05) is 52.0 Å². The number of sulfonamides is 1. The predicted molar refractivity (Wildman–Crippen MR) is 121 cm³/mol. The highest BCUT2D eigenvalue weighted by atomic mass is 32.2. The van der Waals surface area contributed by atoms with Gasteiger partial charge < -0.3 is 15.0 Å². The molecule has 1 aromatic heterocycles. The summed E-state index contributed by atoms with van der Waals surface area (Å²) in [7, 11) is -1.55. The fraction of sp³-hybridized carbons (Fsp3) is 0.500. The Balaban J connectivity index is 1.43. The summed E-state index contributed by atoms with van der Waals surface area (Å²) >= 11 is 0. The van der Waals surface area contributed by atoms with Crippen molar-refractivity contribution >= 4 is 15.8 Å². The first-order chi connectivity index (χ1) is 15.4. The van der Waals surface area contributed by atoms with Gasteiger partial charge in [0.15, 0.2) is 0 Å². The Morgan fingerprint density at radius 2 is 1.72 bits per heavy atom. The van der Waals surface area contributed by atoms with E-state index < -0.39 is 10.0 Å². The minimum Gasteiger partial charge on any atom is -0.379 e. The summed E-state index contributed by atoms with van der Waals surface area (Å²) in [4.78, 5) is 8.97. The van der Waals surface area contributed by atoms with Crippen molar-refractivity contribution in [3.8, 4) is 0 Å². The maximum atomic E-state index is 13.4. The molecule has 1 N–H and O–H groups in total. The molecule has 0 unspecified atom stereocenters. The Hall–Kier alpha value is -2.11. The third-order valence-corrected chi connectivity index (χ3v) is 7.94. The van der Waals surface area contributed by atoms with Crippen LogP contribution in [0, 0.1) is 5.82 Å². The van der Waals surface area contributed by atoms with Crippen molar-refractivity contribution in [2.75, 3.05) is 71.4 Å². The average Bonchev–Trinajstić information content (AvgIpc) is 2.82. The van der Waals surface area contributed by atoms with Crippen molar-refractivity contribution in [3.63, 3.8) is 0 Å². The van der Waals surface area contributed by atoms with Crippen LogP contribution in [0.1, 0.15) is 11.6 Å². The van der Waals surface area contributed by atoms with Gasteiger partial charge in [-0.25, -0.2) is 17.8 Å². The van der Waals surface area contributed by atoms with Crippen LogP contribution in [0.25, 0.3) is 0 Å². The highest BCUT2D eigenvalue weighted by Crippen LogP contribution is 2.24. The van der Waals surface area contributed by atoms with Crippen LogP contribution in [0.4, 0.5) is 10.2 Å². The van der Waals surface area contributed by atoms with E-state index in [1.54, 1.807) is 24.3 Å². The number of halogens is 1. The van der Waals surface area contributed by atoms with Crippen LogP contribution in [0.5, 0.6) is 0 Å². The standard InChI is InChI=1S/C22H30FN5O3S/c1-26-8-10-28(11-9-26)32(29,30)20-6-7-22(24-16-20)25-17-21(27-12-14-31-15-13-27)18-2-4-19(23)5-3-18/h2-7,16,21H,8-15,17H2,1H3,(H,24,25)/t21-/m0/s1. The van der Waals surface area contributed by atoms with E-state index in [0.29, 0.717) is 38.7 Å². The lowest BCUT2D eigenvalue weighted by Gasteiger charge is -2.35. The lowest BCUT2D eigenvalue weighted by Crippen LogP contribution is -2.47. The van der Waals surface area contributed by atoms with Gasteiger partial charge in [-0.2, -0.15) is 4.31 Å². The highest BCUT2D eigenvalue weighted by molar-refractivity contribution is 7.89. The average molecular weight is 464 g/mol. The second-order valence-electron chi connectivity index (χ2n) is 8.18. The third-order valence-electron chi connectivity index (χ3n) is 6.05. The van der Waals surface area contributed by atoms with Gasteiger partial charge in [0.25, 0.3) is 0 Å². The maximum Gasteiger partial charge on any atom is 0.244 e. The summed E-state index contributed by atoms with van der Waals surface area (Å²) in [5.41, 5.74) is 1.01. The minimum atomic E-state index is -3.54. The molecule has 0 radical (unpaired) electrons. The quantitative estimate of drug-likeness (QED) is 0.669. The second-order valence-corrected chi connectivity index (χ2v) is 10.1. The number of aromatic nitrogens is 1. The highest BCUT2D eigenvalue weighted by Gasteiger charge is 2.28. The summed E-state index contributed by atoms with van der Waals surface area (Å²) in [5.74, 6) is 0.337. The first-order valence-electron chi connectivity index (χ1n) is 10.9. The number of hydrogen-bond acceptors (Lipinski definition) is 7. The Labute approximate surface area is 189 Å². The molecule has 10 heteroatoms. The molecule has 0 aliphatic carbocycles. The lowest BCUT2D eigenvalue weighted by molar-refractivity contribution is 0.0187. The zero-order chi connectivity index (χ0) is 22.6. The zero-order valence-electron chi connectivity index (χ0n) is 18.3. The fourth-order valence-electron chi connectivity index (χ4n) is 4.05. The third kappa shape index (κ3) is 5.44. The molecule has 2 aromatic rings. The molecule has 2 saturated heterocycles. The van der Waals surface area contributed by atoms with Crippen molar-refractivity contribution in [1.82, 2.24) is 19.1 Å². The summed E-state index contributed by atoms with van der Waals surface area (Å²) in [5, 5.41) is 3.32. The molecule has 8 nitrogen and oxygen atoms in total. The normalized spacial score (nSPS) is 20.2. The summed E-state index contributed by atoms with van der Waals surface area (Å²) < 4.78 is 46.2. The van der Waals surface area contributed by atoms with E-state index in [1.807, 2.05) is 7.05 Å². The Bertz CT molecular complexity index is 974.